The Morgan fingerprint density at radius 2 is 1.83 bits per heavy atom. The van der Waals surface area contributed by atoms with Gasteiger partial charge in [-0.1, -0.05) is 0 Å². The van der Waals surface area contributed by atoms with Gasteiger partial charge in [-0.2, -0.15) is 13.2 Å². The van der Waals surface area contributed by atoms with Crippen molar-refractivity contribution >= 4 is 35.8 Å². The van der Waals surface area contributed by atoms with Crippen LogP contribution in [-0.2, 0) is 19.8 Å². The molecule has 30 heavy (non-hydrogen) atoms. The van der Waals surface area contributed by atoms with Crippen molar-refractivity contribution in [3.63, 3.8) is 0 Å². The molecule has 0 saturated carbocycles. The van der Waals surface area contributed by atoms with Crippen molar-refractivity contribution in [3.8, 4) is 0 Å². The molecule has 166 valence electrons. The van der Waals surface area contributed by atoms with Gasteiger partial charge in [0, 0.05) is 44.6 Å². The van der Waals surface area contributed by atoms with Gasteiger partial charge in [-0.3, -0.25) is 9.79 Å². The number of rotatable bonds is 7. The maximum Gasteiger partial charge on any atom is 0.416 e. The van der Waals surface area contributed by atoms with Gasteiger partial charge >= 0.3 is 6.18 Å². The average molecular weight is 537 g/mol. The van der Waals surface area contributed by atoms with Crippen LogP contribution in [0.2, 0.25) is 0 Å². The maximum atomic E-state index is 12.6. The smallest absolute Gasteiger partial charge is 0.357 e. The molecule has 1 aromatic heterocycles. The van der Waals surface area contributed by atoms with Crippen LogP contribution in [0.3, 0.4) is 0 Å². The molecule has 0 saturated heterocycles. The molecule has 2 aromatic rings. The summed E-state index contributed by atoms with van der Waals surface area (Å²) in [4.78, 5) is 18.6. The number of hydrogen-bond acceptors (Lipinski definition) is 2. The Labute approximate surface area is 191 Å². The normalized spacial score (nSPS) is 11.6. The number of carbonyl (C=O) groups is 1. The summed E-state index contributed by atoms with van der Waals surface area (Å²) in [7, 11) is 3.90. The molecule has 0 spiro atoms. The fourth-order valence-corrected chi connectivity index (χ4v) is 2.69. The molecule has 0 aliphatic rings. The van der Waals surface area contributed by atoms with Crippen molar-refractivity contribution in [1.82, 2.24) is 20.1 Å². The van der Waals surface area contributed by atoms with Crippen molar-refractivity contribution in [2.45, 2.75) is 19.6 Å². The van der Waals surface area contributed by atoms with E-state index in [-0.39, 0.29) is 36.1 Å². The first-order valence-corrected chi connectivity index (χ1v) is 9.27. The van der Waals surface area contributed by atoms with E-state index >= 15 is 0 Å². The molecule has 0 radical (unpaired) electrons. The molecular weight excluding hydrogens is 510 g/mol. The predicted molar refractivity (Wildman–Crippen MR) is 122 cm³/mol. The first-order chi connectivity index (χ1) is 13.7. The van der Waals surface area contributed by atoms with Crippen molar-refractivity contribution < 1.29 is 18.0 Å². The number of benzene rings is 1. The van der Waals surface area contributed by atoms with Gasteiger partial charge in [-0.05, 0) is 43.3 Å². The second kappa shape index (κ2) is 11.8. The zero-order chi connectivity index (χ0) is 21.4. The fourth-order valence-electron chi connectivity index (χ4n) is 2.69. The molecule has 2 rings (SSSR count). The van der Waals surface area contributed by atoms with Crippen LogP contribution in [0, 0.1) is 0 Å². The average Bonchev–Trinajstić information content (AvgIpc) is 3.08. The standard InChI is InChI=1S/C20H26F3N5O.HI/c1-4-24-19(28(3)14-17-6-5-13-27(17)2)26-12-11-25-18(29)15-7-9-16(10-8-15)20(21,22)23;/h5-10,13H,4,11-12,14H2,1-3H3,(H,24,26)(H,25,29);1H. The number of halogens is 4. The molecular formula is C20H27F3IN5O. The minimum absolute atomic E-state index is 0. The number of nitrogens with one attached hydrogen (secondary N) is 2. The molecule has 1 heterocycles. The predicted octanol–water partition coefficient (Wildman–Crippen LogP) is 3.49. The Balaban J connectivity index is 0.00000450. The quantitative estimate of drug-likeness (QED) is 0.246. The van der Waals surface area contributed by atoms with Crippen LogP contribution >= 0.6 is 24.0 Å². The molecule has 1 aromatic carbocycles. The Kier molecular flexibility index (Phi) is 10.2. The van der Waals surface area contributed by atoms with Gasteiger partial charge < -0.3 is 20.1 Å². The largest absolute Gasteiger partial charge is 0.416 e. The second-order valence-corrected chi connectivity index (χ2v) is 6.53. The van der Waals surface area contributed by atoms with E-state index in [4.69, 9.17) is 0 Å². The number of hydrogen-bond donors (Lipinski definition) is 2. The fraction of sp³-hybridized carbons (Fsp3) is 0.400. The SMILES string of the molecule is CCNC(=NCCNC(=O)c1ccc(C(F)(F)F)cc1)N(C)Cc1cccn1C.I. The number of nitrogens with zero attached hydrogens (tertiary/aromatic N) is 3. The molecule has 0 unspecified atom stereocenters. The molecule has 2 N–H and O–H groups in total. The lowest BCUT2D eigenvalue weighted by Crippen LogP contribution is -2.39. The third kappa shape index (κ3) is 7.54. The highest BCUT2D eigenvalue weighted by molar-refractivity contribution is 14.0. The molecule has 6 nitrogen and oxygen atoms in total. The first kappa shape index (κ1) is 25.8. The summed E-state index contributed by atoms with van der Waals surface area (Å²) in [5.74, 6) is 0.272. The van der Waals surface area contributed by atoms with Gasteiger partial charge in [0.2, 0.25) is 0 Å². The lowest BCUT2D eigenvalue weighted by atomic mass is 10.1. The highest BCUT2D eigenvalue weighted by Gasteiger charge is 2.30. The van der Waals surface area contributed by atoms with Crippen molar-refractivity contribution in [3.05, 3.63) is 59.4 Å². The number of aromatic nitrogens is 1. The summed E-state index contributed by atoms with van der Waals surface area (Å²) >= 11 is 0. The van der Waals surface area contributed by atoms with E-state index in [2.05, 4.69) is 15.6 Å². The number of aliphatic imine (C=N–C) groups is 1. The number of amides is 1. The summed E-state index contributed by atoms with van der Waals surface area (Å²) in [6, 6.07) is 8.14. The Bertz CT molecular complexity index is 834. The third-order valence-corrected chi connectivity index (χ3v) is 4.28. The second-order valence-electron chi connectivity index (χ2n) is 6.53. The van der Waals surface area contributed by atoms with Gasteiger partial charge in [0.15, 0.2) is 5.96 Å². The summed E-state index contributed by atoms with van der Waals surface area (Å²) in [6.45, 7) is 3.96. The topological polar surface area (TPSA) is 61.7 Å². The van der Waals surface area contributed by atoms with Crippen LogP contribution in [0.15, 0.2) is 47.6 Å². The minimum atomic E-state index is -4.42. The van der Waals surface area contributed by atoms with Crippen LogP contribution in [-0.4, -0.2) is 48.0 Å². The van der Waals surface area contributed by atoms with Crippen LogP contribution in [0.5, 0.6) is 0 Å². The zero-order valence-corrected chi connectivity index (χ0v) is 19.5. The number of carbonyl (C=O) groups excluding carboxylic acids is 1. The number of alkyl halides is 3. The summed E-state index contributed by atoms with van der Waals surface area (Å²) in [5.41, 5.74) is 0.526. The third-order valence-electron chi connectivity index (χ3n) is 4.28. The van der Waals surface area contributed by atoms with Crippen LogP contribution in [0.4, 0.5) is 13.2 Å². The monoisotopic (exact) mass is 537 g/mol. The van der Waals surface area contributed by atoms with Gasteiger partial charge in [-0.15, -0.1) is 24.0 Å². The Morgan fingerprint density at radius 3 is 2.37 bits per heavy atom. The Hall–Kier alpha value is -2.24. The van der Waals surface area contributed by atoms with Gasteiger partial charge in [0.25, 0.3) is 5.91 Å². The first-order valence-electron chi connectivity index (χ1n) is 9.27. The Morgan fingerprint density at radius 1 is 1.17 bits per heavy atom. The summed E-state index contributed by atoms with van der Waals surface area (Å²) in [6.07, 6.45) is -2.44. The molecule has 0 aliphatic carbocycles. The van der Waals surface area contributed by atoms with Crippen LogP contribution < -0.4 is 10.6 Å². The maximum absolute atomic E-state index is 12.6. The molecule has 0 atom stereocenters. The lowest BCUT2D eigenvalue weighted by molar-refractivity contribution is -0.137. The van der Waals surface area contributed by atoms with Gasteiger partial charge in [0.05, 0.1) is 18.7 Å². The molecule has 0 bridgehead atoms. The summed E-state index contributed by atoms with van der Waals surface area (Å²) in [5, 5.41) is 5.87. The number of guanidine groups is 1. The summed E-state index contributed by atoms with van der Waals surface area (Å²) < 4.78 is 39.8. The van der Waals surface area contributed by atoms with Gasteiger partial charge in [0.1, 0.15) is 0 Å². The zero-order valence-electron chi connectivity index (χ0n) is 17.2. The highest BCUT2D eigenvalue weighted by Crippen LogP contribution is 2.29. The molecule has 1 amide bonds. The molecule has 10 heteroatoms. The van der Waals surface area contributed by atoms with Crippen LogP contribution in [0.25, 0.3) is 0 Å². The van der Waals surface area contributed by atoms with E-state index in [1.165, 1.54) is 12.1 Å². The molecule has 0 aliphatic heterocycles. The van der Waals surface area contributed by atoms with E-state index in [0.29, 0.717) is 25.6 Å². The van der Waals surface area contributed by atoms with E-state index in [0.717, 1.165) is 17.8 Å². The van der Waals surface area contributed by atoms with E-state index in [1.54, 1.807) is 0 Å². The minimum Gasteiger partial charge on any atom is -0.357 e. The highest BCUT2D eigenvalue weighted by atomic mass is 127. The van der Waals surface area contributed by atoms with Crippen molar-refractivity contribution in [2.75, 3.05) is 26.7 Å². The lowest BCUT2D eigenvalue weighted by Gasteiger charge is -2.22. The van der Waals surface area contributed by atoms with Crippen molar-refractivity contribution in [2.24, 2.45) is 12.0 Å². The van der Waals surface area contributed by atoms with Crippen molar-refractivity contribution in [1.29, 1.82) is 0 Å². The van der Waals surface area contributed by atoms with E-state index in [1.807, 2.05) is 48.8 Å². The van der Waals surface area contributed by atoms with Gasteiger partial charge in [-0.25, -0.2) is 0 Å². The van der Waals surface area contributed by atoms with E-state index in [9.17, 15) is 18.0 Å². The van der Waals surface area contributed by atoms with E-state index < -0.39 is 17.6 Å². The number of aryl methyl sites for hydroxylation is 1. The van der Waals surface area contributed by atoms with Crippen LogP contribution in [0.1, 0.15) is 28.5 Å². The molecule has 0 fully saturated rings.